The summed E-state index contributed by atoms with van der Waals surface area (Å²) in [5, 5.41) is 21.4. The topological polar surface area (TPSA) is 87.4 Å². The van der Waals surface area contributed by atoms with Crippen LogP contribution < -0.4 is 14.8 Å². The number of nitrogens with one attached hydrogen (secondary N) is 1. The number of ether oxygens (including phenoxy) is 2. The smallest absolute Gasteiger partial charge is 0.161 e. The predicted molar refractivity (Wildman–Crippen MR) is 91.6 cm³/mol. The quantitative estimate of drug-likeness (QED) is 0.800. The fourth-order valence-corrected chi connectivity index (χ4v) is 2.28. The Bertz CT molecular complexity index is 746. The van der Waals surface area contributed by atoms with E-state index in [1.807, 2.05) is 25.1 Å². The van der Waals surface area contributed by atoms with Gasteiger partial charge in [0.1, 0.15) is 18.5 Å². The lowest BCUT2D eigenvalue weighted by Crippen LogP contribution is -2.09. The number of halogens is 1. The van der Waals surface area contributed by atoms with Gasteiger partial charge in [0.2, 0.25) is 0 Å². The van der Waals surface area contributed by atoms with Gasteiger partial charge in [0.05, 0.1) is 24.8 Å². The number of nitrogens with zero attached hydrogens (tertiary/aromatic N) is 2. The lowest BCUT2D eigenvalue weighted by Gasteiger charge is -2.17. The average Bonchev–Trinajstić information content (AvgIpc) is 2.61. The lowest BCUT2D eigenvalue weighted by atomic mass is 10.1. The molecule has 0 saturated heterocycles. The molecular weight excluding hydrogens is 330 g/mol. The second-order valence-corrected chi connectivity index (χ2v) is 5.39. The Morgan fingerprint density at radius 3 is 2.79 bits per heavy atom. The highest BCUT2D eigenvalue weighted by Crippen LogP contribution is 2.31. The summed E-state index contributed by atoms with van der Waals surface area (Å²) in [5.41, 5.74) is 1.14. The van der Waals surface area contributed by atoms with Crippen molar-refractivity contribution in [3.8, 4) is 17.6 Å². The van der Waals surface area contributed by atoms with Crippen molar-refractivity contribution in [3.05, 3.63) is 46.6 Å². The van der Waals surface area contributed by atoms with Crippen LogP contribution in [0.3, 0.4) is 0 Å². The first kappa shape index (κ1) is 17.9. The molecule has 1 atom stereocenters. The second kappa shape index (κ2) is 8.39. The van der Waals surface area contributed by atoms with Gasteiger partial charge in [0.15, 0.2) is 17.2 Å². The molecule has 1 aromatic heterocycles. The van der Waals surface area contributed by atoms with Crippen molar-refractivity contribution in [1.82, 2.24) is 4.98 Å². The van der Waals surface area contributed by atoms with Crippen LogP contribution in [0.4, 0.5) is 5.82 Å². The summed E-state index contributed by atoms with van der Waals surface area (Å²) in [7, 11) is 1.56. The molecule has 0 aliphatic carbocycles. The molecule has 6 nitrogen and oxygen atoms in total. The number of pyridine rings is 1. The molecule has 1 aromatic carbocycles. The van der Waals surface area contributed by atoms with Crippen LogP contribution in [0.15, 0.2) is 30.3 Å². The Kier molecular flexibility index (Phi) is 6.24. The molecule has 0 amide bonds. The van der Waals surface area contributed by atoms with Crippen LogP contribution in [0.1, 0.15) is 24.2 Å². The van der Waals surface area contributed by atoms with Crippen molar-refractivity contribution < 1.29 is 14.6 Å². The standard InChI is InChI=1S/C17H18ClN3O3/c1-11(20-17-6-4-13(18)14(10-19)21-17)12-3-5-15(24-8-7-22)16(9-12)23-2/h3-6,9,11,22H,7-8H2,1-2H3,(H,20,21)/t11-/m0/s1. The largest absolute Gasteiger partial charge is 0.493 e. The van der Waals surface area contributed by atoms with Crippen molar-refractivity contribution in [2.45, 2.75) is 13.0 Å². The molecule has 126 valence electrons. The monoisotopic (exact) mass is 347 g/mol. The summed E-state index contributed by atoms with van der Waals surface area (Å²) in [5.74, 6) is 1.71. The predicted octanol–water partition coefficient (Wildman–Crippen LogP) is 3.16. The summed E-state index contributed by atoms with van der Waals surface area (Å²) in [6, 6.07) is 10.8. The Balaban J connectivity index is 2.17. The number of methoxy groups -OCH3 is 1. The Morgan fingerprint density at radius 2 is 2.12 bits per heavy atom. The van der Waals surface area contributed by atoms with Crippen LogP contribution in [0.5, 0.6) is 11.5 Å². The van der Waals surface area contributed by atoms with Crippen LogP contribution in [0.25, 0.3) is 0 Å². The van der Waals surface area contributed by atoms with E-state index in [9.17, 15) is 0 Å². The van der Waals surface area contributed by atoms with Gasteiger partial charge in [-0.2, -0.15) is 5.26 Å². The van der Waals surface area contributed by atoms with Crippen LogP contribution in [0.2, 0.25) is 5.02 Å². The van der Waals surface area contributed by atoms with Crippen LogP contribution in [-0.2, 0) is 0 Å². The number of hydrogen-bond acceptors (Lipinski definition) is 6. The van der Waals surface area contributed by atoms with E-state index >= 15 is 0 Å². The molecule has 0 saturated carbocycles. The maximum Gasteiger partial charge on any atom is 0.161 e. The first-order valence-corrected chi connectivity index (χ1v) is 7.71. The minimum absolute atomic E-state index is 0.0632. The first-order valence-electron chi connectivity index (χ1n) is 7.33. The summed E-state index contributed by atoms with van der Waals surface area (Å²) >= 11 is 5.89. The van der Waals surface area contributed by atoms with Gasteiger partial charge >= 0.3 is 0 Å². The Morgan fingerprint density at radius 1 is 1.33 bits per heavy atom. The number of aliphatic hydroxyl groups excluding tert-OH is 1. The lowest BCUT2D eigenvalue weighted by molar-refractivity contribution is 0.196. The van der Waals surface area contributed by atoms with Crippen molar-refractivity contribution in [2.24, 2.45) is 0 Å². The number of nitriles is 1. The van der Waals surface area contributed by atoms with Gasteiger partial charge in [-0.05, 0) is 36.8 Å². The summed E-state index contributed by atoms with van der Waals surface area (Å²) in [6.45, 7) is 2.10. The summed E-state index contributed by atoms with van der Waals surface area (Å²) in [6.07, 6.45) is 0. The van der Waals surface area contributed by atoms with E-state index < -0.39 is 0 Å². The van der Waals surface area contributed by atoms with E-state index in [1.165, 1.54) is 0 Å². The molecular formula is C17H18ClN3O3. The molecule has 1 heterocycles. The molecule has 0 aliphatic rings. The minimum Gasteiger partial charge on any atom is -0.493 e. The number of benzene rings is 1. The van der Waals surface area contributed by atoms with E-state index in [4.69, 9.17) is 31.4 Å². The number of aromatic nitrogens is 1. The van der Waals surface area contributed by atoms with Crippen molar-refractivity contribution in [2.75, 3.05) is 25.6 Å². The van der Waals surface area contributed by atoms with Crippen molar-refractivity contribution >= 4 is 17.4 Å². The van der Waals surface area contributed by atoms with Gasteiger partial charge in [-0.25, -0.2) is 4.98 Å². The van der Waals surface area contributed by atoms with Crippen LogP contribution in [0, 0.1) is 11.3 Å². The third kappa shape index (κ3) is 4.28. The van der Waals surface area contributed by atoms with Crippen molar-refractivity contribution in [1.29, 1.82) is 5.26 Å². The molecule has 2 N–H and O–H groups in total. The van der Waals surface area contributed by atoms with Gasteiger partial charge in [0, 0.05) is 0 Å². The SMILES string of the molecule is COc1cc([C@H](C)Nc2ccc(Cl)c(C#N)n2)ccc1OCCO. The second-order valence-electron chi connectivity index (χ2n) is 4.99. The number of rotatable bonds is 7. The average molecular weight is 348 g/mol. The highest BCUT2D eigenvalue weighted by molar-refractivity contribution is 6.31. The molecule has 0 aliphatic heterocycles. The molecule has 0 unspecified atom stereocenters. The molecule has 0 spiro atoms. The number of anilines is 1. The highest BCUT2D eigenvalue weighted by Gasteiger charge is 2.12. The normalized spacial score (nSPS) is 11.5. The molecule has 2 rings (SSSR count). The van der Waals surface area contributed by atoms with Gasteiger partial charge in [-0.3, -0.25) is 0 Å². The highest BCUT2D eigenvalue weighted by atomic mass is 35.5. The van der Waals surface area contributed by atoms with Gasteiger partial charge in [-0.15, -0.1) is 0 Å². The fraction of sp³-hybridized carbons (Fsp3) is 0.294. The van der Waals surface area contributed by atoms with E-state index in [2.05, 4.69) is 10.3 Å². The van der Waals surface area contributed by atoms with E-state index in [-0.39, 0.29) is 24.9 Å². The van der Waals surface area contributed by atoms with E-state index in [0.29, 0.717) is 22.3 Å². The van der Waals surface area contributed by atoms with E-state index in [0.717, 1.165) is 5.56 Å². The number of aliphatic hydroxyl groups is 1. The first-order chi connectivity index (χ1) is 11.6. The molecule has 0 bridgehead atoms. The maximum absolute atomic E-state index is 8.99. The van der Waals surface area contributed by atoms with E-state index in [1.54, 1.807) is 25.3 Å². The third-order valence-electron chi connectivity index (χ3n) is 3.35. The minimum atomic E-state index is -0.0778. The zero-order chi connectivity index (χ0) is 17.5. The molecule has 7 heteroatoms. The van der Waals surface area contributed by atoms with Gasteiger partial charge in [0.25, 0.3) is 0 Å². The zero-order valence-electron chi connectivity index (χ0n) is 13.4. The van der Waals surface area contributed by atoms with Crippen LogP contribution >= 0.6 is 11.6 Å². The molecule has 24 heavy (non-hydrogen) atoms. The van der Waals surface area contributed by atoms with Crippen LogP contribution in [-0.4, -0.2) is 30.4 Å². The maximum atomic E-state index is 8.99. The molecule has 0 fully saturated rings. The van der Waals surface area contributed by atoms with Crippen molar-refractivity contribution in [3.63, 3.8) is 0 Å². The number of hydrogen-bond donors (Lipinski definition) is 2. The summed E-state index contributed by atoms with van der Waals surface area (Å²) < 4.78 is 10.7. The Hall–Kier alpha value is -2.49. The fourth-order valence-electron chi connectivity index (χ4n) is 2.13. The Labute approximate surface area is 145 Å². The molecule has 0 radical (unpaired) electrons. The zero-order valence-corrected chi connectivity index (χ0v) is 14.2. The molecule has 2 aromatic rings. The van der Waals surface area contributed by atoms with Gasteiger partial charge in [-0.1, -0.05) is 17.7 Å². The third-order valence-corrected chi connectivity index (χ3v) is 3.66. The van der Waals surface area contributed by atoms with Gasteiger partial charge < -0.3 is 19.9 Å². The summed E-state index contributed by atoms with van der Waals surface area (Å²) in [4.78, 5) is 4.17.